The van der Waals surface area contributed by atoms with Crippen molar-refractivity contribution in [1.82, 2.24) is 9.97 Å². The van der Waals surface area contributed by atoms with Gasteiger partial charge in [-0.3, -0.25) is 0 Å². The second-order valence-electron chi connectivity index (χ2n) is 5.92. The summed E-state index contributed by atoms with van der Waals surface area (Å²) in [5.41, 5.74) is 2.67. The van der Waals surface area contributed by atoms with E-state index in [9.17, 15) is 0 Å². The summed E-state index contributed by atoms with van der Waals surface area (Å²) in [6.07, 6.45) is 8.73. The van der Waals surface area contributed by atoms with Crippen LogP contribution in [0.2, 0.25) is 0 Å². The molecule has 0 unspecified atom stereocenters. The first-order valence-corrected chi connectivity index (χ1v) is 7.35. The molecule has 1 saturated carbocycles. The summed E-state index contributed by atoms with van der Waals surface area (Å²) in [5, 5.41) is 3.26. The quantitative estimate of drug-likeness (QED) is 0.868. The third kappa shape index (κ3) is 2.11. The largest absolute Gasteiger partial charge is 0.373 e. The van der Waals surface area contributed by atoms with Gasteiger partial charge in [0.1, 0.15) is 11.6 Å². The van der Waals surface area contributed by atoms with Crippen molar-refractivity contribution in [2.75, 3.05) is 12.4 Å². The smallest absolute Gasteiger partial charge is 0.134 e. The summed E-state index contributed by atoms with van der Waals surface area (Å²) in [6.45, 7) is 2.36. The molecule has 3 nitrogen and oxygen atoms in total. The van der Waals surface area contributed by atoms with Crippen LogP contribution in [0, 0.1) is 5.92 Å². The molecule has 2 aliphatic rings. The van der Waals surface area contributed by atoms with Gasteiger partial charge in [-0.1, -0.05) is 19.8 Å². The third-order valence-electron chi connectivity index (χ3n) is 4.57. The van der Waals surface area contributed by atoms with Crippen LogP contribution in [0.15, 0.2) is 0 Å². The van der Waals surface area contributed by atoms with Crippen molar-refractivity contribution in [2.45, 2.75) is 57.8 Å². The maximum absolute atomic E-state index is 4.86. The number of anilines is 1. The zero-order chi connectivity index (χ0) is 12.5. The number of rotatable bonds is 2. The highest BCUT2D eigenvalue weighted by molar-refractivity contribution is 5.48. The van der Waals surface area contributed by atoms with Crippen molar-refractivity contribution in [3.8, 4) is 0 Å². The van der Waals surface area contributed by atoms with E-state index in [1.807, 2.05) is 7.05 Å². The lowest BCUT2D eigenvalue weighted by molar-refractivity contribution is 0.339. The fraction of sp³-hybridized carbons (Fsp3) is 0.733. The van der Waals surface area contributed by atoms with Gasteiger partial charge in [-0.25, -0.2) is 9.97 Å². The zero-order valence-corrected chi connectivity index (χ0v) is 11.5. The predicted molar refractivity (Wildman–Crippen MR) is 74.0 cm³/mol. The van der Waals surface area contributed by atoms with Gasteiger partial charge in [-0.15, -0.1) is 0 Å². The van der Waals surface area contributed by atoms with E-state index in [4.69, 9.17) is 9.97 Å². The molecule has 98 valence electrons. The Labute approximate surface area is 109 Å². The molecule has 0 bridgehead atoms. The van der Waals surface area contributed by atoms with Gasteiger partial charge in [0.05, 0.1) is 0 Å². The molecule has 3 rings (SSSR count). The number of fused-ring (bicyclic) bond motifs is 1. The summed E-state index contributed by atoms with van der Waals surface area (Å²) in [4.78, 5) is 9.65. The Morgan fingerprint density at radius 2 is 1.83 bits per heavy atom. The molecule has 0 aromatic carbocycles. The molecular formula is C15H23N3. The highest BCUT2D eigenvalue weighted by Crippen LogP contribution is 2.36. The zero-order valence-electron chi connectivity index (χ0n) is 11.5. The van der Waals surface area contributed by atoms with E-state index in [2.05, 4.69) is 12.2 Å². The summed E-state index contributed by atoms with van der Waals surface area (Å²) in [5.74, 6) is 3.68. The molecule has 0 radical (unpaired) electrons. The van der Waals surface area contributed by atoms with Crippen LogP contribution < -0.4 is 5.32 Å². The third-order valence-corrected chi connectivity index (χ3v) is 4.57. The lowest BCUT2D eigenvalue weighted by atomic mass is 9.82. The van der Waals surface area contributed by atoms with Crippen LogP contribution >= 0.6 is 0 Å². The maximum Gasteiger partial charge on any atom is 0.134 e. The second-order valence-corrected chi connectivity index (χ2v) is 5.92. The average Bonchev–Trinajstić information content (AvgIpc) is 2.86. The van der Waals surface area contributed by atoms with E-state index in [0.717, 1.165) is 30.4 Å². The molecule has 2 aliphatic carbocycles. The monoisotopic (exact) mass is 245 g/mol. The molecule has 1 N–H and O–H groups in total. The van der Waals surface area contributed by atoms with Crippen molar-refractivity contribution in [2.24, 2.45) is 5.92 Å². The summed E-state index contributed by atoms with van der Waals surface area (Å²) in [6, 6.07) is 0. The van der Waals surface area contributed by atoms with Crippen molar-refractivity contribution in [3.05, 3.63) is 17.1 Å². The number of nitrogens with one attached hydrogen (secondary N) is 1. The standard InChI is InChI=1S/C15H23N3/c1-10-6-8-11(9-7-10)14-17-13-5-3-4-12(13)15(16-2)18-14/h10-11H,3-9H2,1-2H3,(H,16,17,18). The van der Waals surface area contributed by atoms with Crippen molar-refractivity contribution in [3.63, 3.8) is 0 Å². The van der Waals surface area contributed by atoms with Crippen LogP contribution in [0.4, 0.5) is 5.82 Å². The predicted octanol–water partition coefficient (Wildman–Crippen LogP) is 3.30. The van der Waals surface area contributed by atoms with Crippen molar-refractivity contribution < 1.29 is 0 Å². The molecule has 0 aliphatic heterocycles. The molecule has 0 atom stereocenters. The lowest BCUT2D eigenvalue weighted by Crippen LogP contribution is -2.15. The Bertz CT molecular complexity index is 434. The summed E-state index contributed by atoms with van der Waals surface area (Å²) < 4.78 is 0. The van der Waals surface area contributed by atoms with Crippen molar-refractivity contribution >= 4 is 5.82 Å². The second kappa shape index (κ2) is 4.87. The van der Waals surface area contributed by atoms with Crippen LogP contribution in [-0.4, -0.2) is 17.0 Å². The summed E-state index contributed by atoms with van der Waals surface area (Å²) in [7, 11) is 1.98. The number of aryl methyl sites for hydroxylation is 1. The van der Waals surface area contributed by atoms with Crippen LogP contribution in [-0.2, 0) is 12.8 Å². The molecule has 0 amide bonds. The van der Waals surface area contributed by atoms with Crippen LogP contribution in [0.1, 0.15) is 62.0 Å². The lowest BCUT2D eigenvalue weighted by Gasteiger charge is -2.25. The van der Waals surface area contributed by atoms with Crippen LogP contribution in [0.25, 0.3) is 0 Å². The SMILES string of the molecule is CNc1nc(C2CCC(C)CC2)nc2c1CCC2. The molecule has 3 heteroatoms. The fourth-order valence-corrected chi connectivity index (χ4v) is 3.36. The minimum Gasteiger partial charge on any atom is -0.373 e. The van der Waals surface area contributed by atoms with E-state index < -0.39 is 0 Å². The highest BCUT2D eigenvalue weighted by atomic mass is 15.0. The molecule has 1 heterocycles. The number of aromatic nitrogens is 2. The topological polar surface area (TPSA) is 37.8 Å². The van der Waals surface area contributed by atoms with Gasteiger partial charge in [-0.05, 0) is 38.0 Å². The van der Waals surface area contributed by atoms with Crippen LogP contribution in [0.5, 0.6) is 0 Å². The number of hydrogen-bond donors (Lipinski definition) is 1. The Morgan fingerprint density at radius 3 is 2.56 bits per heavy atom. The molecular weight excluding hydrogens is 222 g/mol. The molecule has 0 saturated heterocycles. The molecule has 1 aromatic rings. The van der Waals surface area contributed by atoms with E-state index in [0.29, 0.717) is 5.92 Å². The first-order chi connectivity index (χ1) is 8.78. The van der Waals surface area contributed by atoms with E-state index in [-0.39, 0.29) is 0 Å². The minimum absolute atomic E-state index is 0.596. The van der Waals surface area contributed by atoms with Gasteiger partial charge in [-0.2, -0.15) is 0 Å². The average molecular weight is 245 g/mol. The molecule has 1 aromatic heterocycles. The Balaban J connectivity index is 1.88. The van der Waals surface area contributed by atoms with Gasteiger partial charge in [0.25, 0.3) is 0 Å². The molecule has 0 spiro atoms. The van der Waals surface area contributed by atoms with Gasteiger partial charge in [0, 0.05) is 24.2 Å². The molecule has 1 fully saturated rings. The number of nitrogens with zero attached hydrogens (tertiary/aromatic N) is 2. The van der Waals surface area contributed by atoms with Crippen molar-refractivity contribution in [1.29, 1.82) is 0 Å². The van der Waals surface area contributed by atoms with Crippen LogP contribution in [0.3, 0.4) is 0 Å². The Morgan fingerprint density at radius 1 is 1.06 bits per heavy atom. The Kier molecular flexibility index (Phi) is 3.23. The fourth-order valence-electron chi connectivity index (χ4n) is 3.36. The number of hydrogen-bond acceptors (Lipinski definition) is 3. The van der Waals surface area contributed by atoms with Gasteiger partial charge in [0.15, 0.2) is 0 Å². The summed E-state index contributed by atoms with van der Waals surface area (Å²) >= 11 is 0. The highest BCUT2D eigenvalue weighted by Gasteiger charge is 2.25. The first kappa shape index (κ1) is 11.9. The Hall–Kier alpha value is -1.12. The normalized spacial score (nSPS) is 27.0. The molecule has 18 heavy (non-hydrogen) atoms. The first-order valence-electron chi connectivity index (χ1n) is 7.35. The van der Waals surface area contributed by atoms with Gasteiger partial charge >= 0.3 is 0 Å². The van der Waals surface area contributed by atoms with Gasteiger partial charge < -0.3 is 5.32 Å². The maximum atomic E-state index is 4.86. The van der Waals surface area contributed by atoms with E-state index >= 15 is 0 Å². The van der Waals surface area contributed by atoms with Gasteiger partial charge in [0.2, 0.25) is 0 Å². The van der Waals surface area contributed by atoms with E-state index in [1.54, 1.807) is 0 Å². The van der Waals surface area contributed by atoms with E-state index in [1.165, 1.54) is 43.4 Å². The minimum atomic E-state index is 0.596.